The molecule has 0 bridgehead atoms. The molecule has 1 aromatic heterocycles. The minimum atomic E-state index is -0.662. The minimum Gasteiger partial charge on any atom is -0.368 e. The quantitative estimate of drug-likeness (QED) is 0.907. The molecule has 0 saturated carbocycles. The van der Waals surface area contributed by atoms with E-state index in [1.165, 1.54) is 17.2 Å². The largest absolute Gasteiger partial charge is 0.368 e. The number of nitrogens with one attached hydrogen (secondary N) is 1. The van der Waals surface area contributed by atoms with Crippen molar-refractivity contribution in [2.24, 2.45) is 0 Å². The fraction of sp³-hybridized carbons (Fsp3) is 0.500. The predicted octanol–water partition coefficient (Wildman–Crippen LogP) is 1.41. The molecule has 1 aliphatic heterocycles. The molecule has 1 fully saturated rings. The van der Waals surface area contributed by atoms with Crippen molar-refractivity contribution in [2.45, 2.75) is 19.4 Å². The number of hydrogen-bond acceptors (Lipinski definition) is 5. The highest BCUT2D eigenvalue weighted by Crippen LogP contribution is 2.18. The smallest absolute Gasteiger partial charge is 0.257 e. The summed E-state index contributed by atoms with van der Waals surface area (Å²) in [5.41, 5.74) is -0.0396. The molecule has 0 aromatic carbocycles. The fourth-order valence-electron chi connectivity index (χ4n) is 2.06. The van der Waals surface area contributed by atoms with Gasteiger partial charge in [-0.25, -0.2) is 9.37 Å². The molecular formula is C14H17FN4O2. The summed E-state index contributed by atoms with van der Waals surface area (Å²) in [7, 11) is 0. The molecule has 21 heavy (non-hydrogen) atoms. The Morgan fingerprint density at radius 2 is 2.52 bits per heavy atom. The molecule has 7 heteroatoms. The van der Waals surface area contributed by atoms with Crippen molar-refractivity contribution in [2.75, 3.05) is 31.6 Å². The Labute approximate surface area is 122 Å². The second kappa shape index (κ2) is 6.99. The normalized spacial score (nSPS) is 18.1. The van der Waals surface area contributed by atoms with Crippen LogP contribution in [0.2, 0.25) is 0 Å². The van der Waals surface area contributed by atoms with Crippen molar-refractivity contribution in [3.05, 3.63) is 23.6 Å². The van der Waals surface area contributed by atoms with Crippen molar-refractivity contribution < 1.29 is 13.9 Å². The molecule has 0 radical (unpaired) electrons. The number of nitriles is 1. The Morgan fingerprint density at radius 3 is 3.24 bits per heavy atom. The van der Waals surface area contributed by atoms with E-state index in [9.17, 15) is 9.18 Å². The first kappa shape index (κ1) is 15.2. The van der Waals surface area contributed by atoms with Gasteiger partial charge in [-0.3, -0.25) is 4.79 Å². The Bertz CT molecular complexity index is 558. The standard InChI is InChI=1S/C14H17FN4O2/c1-2-4-17-13-12(15)11(3-5-18-13)14(20)19-6-7-21-10(8-16)9-19/h3,5,10H,2,4,6-7,9H2,1H3,(H,17,18). The van der Waals surface area contributed by atoms with E-state index in [1.807, 2.05) is 13.0 Å². The maximum Gasteiger partial charge on any atom is 0.257 e. The summed E-state index contributed by atoms with van der Waals surface area (Å²) in [4.78, 5) is 17.7. The van der Waals surface area contributed by atoms with Gasteiger partial charge in [-0.2, -0.15) is 5.26 Å². The summed E-state index contributed by atoms with van der Waals surface area (Å²) in [5, 5.41) is 11.7. The van der Waals surface area contributed by atoms with Crippen LogP contribution < -0.4 is 5.32 Å². The molecule has 2 rings (SSSR count). The number of hydrogen-bond donors (Lipinski definition) is 1. The summed E-state index contributed by atoms with van der Waals surface area (Å²) in [6, 6.07) is 3.31. The number of anilines is 1. The van der Waals surface area contributed by atoms with Crippen molar-refractivity contribution in [3.8, 4) is 6.07 Å². The van der Waals surface area contributed by atoms with Gasteiger partial charge in [0.2, 0.25) is 0 Å². The van der Waals surface area contributed by atoms with E-state index < -0.39 is 17.8 Å². The Morgan fingerprint density at radius 1 is 1.71 bits per heavy atom. The highest BCUT2D eigenvalue weighted by molar-refractivity contribution is 5.95. The van der Waals surface area contributed by atoms with E-state index in [0.29, 0.717) is 13.1 Å². The molecule has 1 N–H and O–H groups in total. The monoisotopic (exact) mass is 292 g/mol. The third-order valence-corrected chi connectivity index (χ3v) is 3.16. The number of pyridine rings is 1. The minimum absolute atomic E-state index is 0.0396. The van der Waals surface area contributed by atoms with Crippen LogP contribution in [0.5, 0.6) is 0 Å². The molecule has 1 unspecified atom stereocenters. The van der Waals surface area contributed by atoms with Crippen molar-refractivity contribution in [3.63, 3.8) is 0 Å². The van der Waals surface area contributed by atoms with E-state index in [4.69, 9.17) is 10.00 Å². The molecule has 2 heterocycles. The highest BCUT2D eigenvalue weighted by atomic mass is 19.1. The summed E-state index contributed by atoms with van der Waals surface area (Å²) in [6.07, 6.45) is 1.56. The summed E-state index contributed by atoms with van der Waals surface area (Å²) >= 11 is 0. The lowest BCUT2D eigenvalue weighted by Gasteiger charge is -2.30. The molecule has 1 aromatic rings. The van der Waals surface area contributed by atoms with Crippen LogP contribution in [0.1, 0.15) is 23.7 Å². The van der Waals surface area contributed by atoms with E-state index in [0.717, 1.165) is 6.42 Å². The number of amides is 1. The van der Waals surface area contributed by atoms with Gasteiger partial charge in [0, 0.05) is 19.3 Å². The van der Waals surface area contributed by atoms with E-state index in [1.54, 1.807) is 0 Å². The third kappa shape index (κ3) is 3.47. The van der Waals surface area contributed by atoms with Crippen LogP contribution in [-0.4, -0.2) is 48.1 Å². The summed E-state index contributed by atoms with van der Waals surface area (Å²) in [5.74, 6) is -1.03. The van der Waals surface area contributed by atoms with Crippen LogP contribution in [0.4, 0.5) is 10.2 Å². The van der Waals surface area contributed by atoms with Gasteiger partial charge in [0.25, 0.3) is 5.91 Å². The molecule has 0 spiro atoms. The fourth-order valence-corrected chi connectivity index (χ4v) is 2.06. The van der Waals surface area contributed by atoms with Gasteiger partial charge in [-0.05, 0) is 12.5 Å². The van der Waals surface area contributed by atoms with Crippen LogP contribution in [0.3, 0.4) is 0 Å². The number of halogens is 1. The zero-order chi connectivity index (χ0) is 15.2. The molecule has 1 amide bonds. The van der Waals surface area contributed by atoms with Gasteiger partial charge in [-0.15, -0.1) is 0 Å². The Kier molecular flexibility index (Phi) is 5.06. The van der Waals surface area contributed by atoms with Gasteiger partial charge in [0.05, 0.1) is 24.8 Å². The maximum atomic E-state index is 14.3. The molecule has 6 nitrogen and oxygen atoms in total. The second-order valence-electron chi connectivity index (χ2n) is 4.69. The SMILES string of the molecule is CCCNc1nccc(C(=O)N2CCOC(C#N)C2)c1F. The highest BCUT2D eigenvalue weighted by Gasteiger charge is 2.27. The first-order valence-electron chi connectivity index (χ1n) is 6.86. The van der Waals surface area contributed by atoms with Crippen molar-refractivity contribution in [1.82, 2.24) is 9.88 Å². The lowest BCUT2D eigenvalue weighted by molar-refractivity contribution is 0.00326. The first-order valence-corrected chi connectivity index (χ1v) is 6.86. The van der Waals surface area contributed by atoms with Crippen LogP contribution in [0, 0.1) is 17.1 Å². The first-order chi connectivity index (χ1) is 10.2. The number of aromatic nitrogens is 1. The topological polar surface area (TPSA) is 78.2 Å². The van der Waals surface area contributed by atoms with E-state index in [2.05, 4.69) is 10.3 Å². The van der Waals surface area contributed by atoms with Crippen LogP contribution in [-0.2, 0) is 4.74 Å². The Hall–Kier alpha value is -2.20. The number of ether oxygens (including phenoxy) is 1. The average Bonchev–Trinajstić information content (AvgIpc) is 2.53. The van der Waals surface area contributed by atoms with Crippen LogP contribution in [0.25, 0.3) is 0 Å². The Balaban J connectivity index is 2.17. The number of carbonyl (C=O) groups excluding carboxylic acids is 1. The maximum absolute atomic E-state index is 14.3. The zero-order valence-corrected chi connectivity index (χ0v) is 11.8. The third-order valence-electron chi connectivity index (χ3n) is 3.16. The van der Waals surface area contributed by atoms with Crippen molar-refractivity contribution in [1.29, 1.82) is 5.26 Å². The number of rotatable bonds is 4. The average molecular weight is 292 g/mol. The van der Waals surface area contributed by atoms with E-state index >= 15 is 0 Å². The predicted molar refractivity (Wildman–Crippen MR) is 74.2 cm³/mol. The molecule has 0 aliphatic carbocycles. The molecular weight excluding hydrogens is 275 g/mol. The number of nitrogens with zero attached hydrogens (tertiary/aromatic N) is 3. The van der Waals surface area contributed by atoms with Gasteiger partial charge in [0.1, 0.15) is 0 Å². The molecule has 1 atom stereocenters. The molecule has 112 valence electrons. The molecule has 1 saturated heterocycles. The van der Waals surface area contributed by atoms with Gasteiger partial charge >= 0.3 is 0 Å². The lowest BCUT2D eigenvalue weighted by Crippen LogP contribution is -2.45. The van der Waals surface area contributed by atoms with Gasteiger partial charge in [-0.1, -0.05) is 6.92 Å². The summed E-state index contributed by atoms with van der Waals surface area (Å²) < 4.78 is 19.5. The lowest BCUT2D eigenvalue weighted by atomic mass is 10.2. The molecule has 1 aliphatic rings. The summed E-state index contributed by atoms with van der Waals surface area (Å²) in [6.45, 7) is 3.30. The number of carbonyl (C=O) groups is 1. The van der Waals surface area contributed by atoms with Crippen LogP contribution in [0.15, 0.2) is 12.3 Å². The second-order valence-corrected chi connectivity index (χ2v) is 4.69. The van der Waals surface area contributed by atoms with Crippen molar-refractivity contribution >= 4 is 11.7 Å². The zero-order valence-electron chi connectivity index (χ0n) is 11.8. The number of morpholine rings is 1. The van der Waals surface area contributed by atoms with E-state index in [-0.39, 0.29) is 24.5 Å². The van der Waals surface area contributed by atoms with Gasteiger partial charge < -0.3 is 15.0 Å². The van der Waals surface area contributed by atoms with Gasteiger partial charge in [0.15, 0.2) is 17.7 Å². The van der Waals surface area contributed by atoms with Crippen LogP contribution >= 0.6 is 0 Å².